The second-order valence-corrected chi connectivity index (χ2v) is 6.50. The zero-order valence-corrected chi connectivity index (χ0v) is 13.7. The predicted octanol–water partition coefficient (Wildman–Crippen LogP) is 3.98. The molecule has 1 aliphatic carbocycles. The first-order valence-corrected chi connectivity index (χ1v) is 8.16. The summed E-state index contributed by atoms with van der Waals surface area (Å²) >= 11 is 0. The second kappa shape index (κ2) is 6.97. The van der Waals surface area contributed by atoms with E-state index >= 15 is 0 Å². The first-order valence-electron chi connectivity index (χ1n) is 8.16. The summed E-state index contributed by atoms with van der Waals surface area (Å²) in [5.74, 6) is 1.63. The van der Waals surface area contributed by atoms with Crippen molar-refractivity contribution in [2.45, 2.75) is 53.0 Å². The third kappa shape index (κ3) is 3.99. The van der Waals surface area contributed by atoms with Crippen LogP contribution in [0.15, 0.2) is 18.2 Å². The number of benzene rings is 1. The molecule has 21 heavy (non-hydrogen) atoms. The molecule has 2 N–H and O–H groups in total. The van der Waals surface area contributed by atoms with Crippen molar-refractivity contribution in [1.82, 2.24) is 5.32 Å². The zero-order chi connectivity index (χ0) is 15.4. The van der Waals surface area contributed by atoms with Crippen molar-refractivity contribution in [2.24, 2.45) is 11.8 Å². The van der Waals surface area contributed by atoms with Crippen LogP contribution in [-0.4, -0.2) is 18.5 Å². The number of nitrogens with one attached hydrogen (secondary N) is 2. The number of rotatable bonds is 4. The van der Waals surface area contributed by atoms with Crippen molar-refractivity contribution in [1.29, 1.82) is 0 Å². The summed E-state index contributed by atoms with van der Waals surface area (Å²) in [5.41, 5.74) is 3.05. The van der Waals surface area contributed by atoms with Gasteiger partial charge in [-0.1, -0.05) is 13.8 Å². The van der Waals surface area contributed by atoms with Crippen molar-refractivity contribution < 1.29 is 4.79 Å². The van der Waals surface area contributed by atoms with Crippen molar-refractivity contribution in [3.63, 3.8) is 0 Å². The van der Waals surface area contributed by atoms with Gasteiger partial charge in [0, 0.05) is 23.8 Å². The molecule has 0 radical (unpaired) electrons. The number of carbonyl (C=O) groups is 1. The number of carbonyl (C=O) groups excluding carboxylic acids is 1. The molecule has 0 heterocycles. The van der Waals surface area contributed by atoms with Gasteiger partial charge in [0.15, 0.2) is 0 Å². The van der Waals surface area contributed by atoms with Crippen LogP contribution in [0.5, 0.6) is 0 Å². The third-order valence-corrected chi connectivity index (χ3v) is 4.78. The van der Waals surface area contributed by atoms with Crippen LogP contribution in [0.4, 0.5) is 5.69 Å². The third-order valence-electron chi connectivity index (χ3n) is 4.78. The van der Waals surface area contributed by atoms with Gasteiger partial charge in [-0.3, -0.25) is 4.79 Å². The summed E-state index contributed by atoms with van der Waals surface area (Å²) < 4.78 is 0. The standard InChI is InChI=1S/C18H28N2O/c1-5-19-18(21)15-7-9-17(14(4)10-15)20-16-8-6-12(2)13(3)11-16/h7,9-10,12-13,16,20H,5-6,8,11H2,1-4H3,(H,19,21). The zero-order valence-electron chi connectivity index (χ0n) is 13.7. The summed E-state index contributed by atoms with van der Waals surface area (Å²) in [6.45, 7) is 9.37. The maximum Gasteiger partial charge on any atom is 0.251 e. The van der Waals surface area contributed by atoms with Crippen molar-refractivity contribution in [3.8, 4) is 0 Å². The first-order chi connectivity index (χ1) is 10.0. The Morgan fingerprint density at radius 3 is 2.62 bits per heavy atom. The van der Waals surface area contributed by atoms with E-state index in [1.165, 1.54) is 19.3 Å². The molecular formula is C18H28N2O. The summed E-state index contributed by atoms with van der Waals surface area (Å²) in [6, 6.07) is 6.49. The van der Waals surface area contributed by atoms with Crippen molar-refractivity contribution >= 4 is 11.6 Å². The molecule has 1 aromatic carbocycles. The predicted molar refractivity (Wildman–Crippen MR) is 88.8 cm³/mol. The maximum absolute atomic E-state index is 11.8. The van der Waals surface area contributed by atoms with Crippen molar-refractivity contribution in [2.75, 3.05) is 11.9 Å². The van der Waals surface area contributed by atoms with E-state index in [0.29, 0.717) is 12.6 Å². The minimum Gasteiger partial charge on any atom is -0.382 e. The van der Waals surface area contributed by atoms with E-state index in [4.69, 9.17) is 0 Å². The fourth-order valence-electron chi connectivity index (χ4n) is 3.13. The van der Waals surface area contributed by atoms with Crippen LogP contribution in [0.3, 0.4) is 0 Å². The van der Waals surface area contributed by atoms with E-state index in [-0.39, 0.29) is 5.91 Å². The summed E-state index contributed by atoms with van der Waals surface area (Å²) in [7, 11) is 0. The average molecular weight is 288 g/mol. The van der Waals surface area contributed by atoms with E-state index in [0.717, 1.165) is 28.7 Å². The molecule has 0 aromatic heterocycles. The van der Waals surface area contributed by atoms with E-state index in [9.17, 15) is 4.79 Å². The molecule has 2 rings (SSSR count). The molecule has 0 spiro atoms. The van der Waals surface area contributed by atoms with Gasteiger partial charge >= 0.3 is 0 Å². The number of anilines is 1. The Balaban J connectivity index is 2.03. The Hall–Kier alpha value is -1.51. The summed E-state index contributed by atoms with van der Waals surface area (Å²) in [6.07, 6.45) is 3.77. The lowest BCUT2D eigenvalue weighted by molar-refractivity contribution is 0.0956. The van der Waals surface area contributed by atoms with Gasteiger partial charge in [-0.15, -0.1) is 0 Å². The Morgan fingerprint density at radius 2 is 2.00 bits per heavy atom. The number of aryl methyl sites for hydroxylation is 1. The molecule has 1 amide bonds. The summed E-state index contributed by atoms with van der Waals surface area (Å²) in [4.78, 5) is 11.8. The van der Waals surface area contributed by atoms with Gasteiger partial charge in [0.25, 0.3) is 5.91 Å². The second-order valence-electron chi connectivity index (χ2n) is 6.50. The Kier molecular flexibility index (Phi) is 5.27. The first kappa shape index (κ1) is 15.9. The molecule has 1 aromatic rings. The molecule has 1 aliphatic rings. The highest BCUT2D eigenvalue weighted by molar-refractivity contribution is 5.94. The van der Waals surface area contributed by atoms with Crippen LogP contribution in [0.25, 0.3) is 0 Å². The highest BCUT2D eigenvalue weighted by Gasteiger charge is 2.24. The maximum atomic E-state index is 11.8. The Morgan fingerprint density at radius 1 is 1.24 bits per heavy atom. The van der Waals surface area contributed by atoms with Gasteiger partial charge in [0.2, 0.25) is 0 Å². The number of hydrogen-bond acceptors (Lipinski definition) is 2. The lowest BCUT2D eigenvalue weighted by Crippen LogP contribution is -2.30. The van der Waals surface area contributed by atoms with Crippen LogP contribution in [0.2, 0.25) is 0 Å². The van der Waals surface area contributed by atoms with Gasteiger partial charge in [-0.25, -0.2) is 0 Å². The quantitative estimate of drug-likeness (QED) is 0.880. The molecular weight excluding hydrogens is 260 g/mol. The molecule has 1 saturated carbocycles. The highest BCUT2D eigenvalue weighted by atomic mass is 16.1. The number of hydrogen-bond donors (Lipinski definition) is 2. The normalized spacial score (nSPS) is 25.4. The van der Waals surface area contributed by atoms with E-state index in [1.807, 2.05) is 25.1 Å². The van der Waals surface area contributed by atoms with Crippen LogP contribution in [-0.2, 0) is 0 Å². The van der Waals surface area contributed by atoms with Crippen LogP contribution in [0, 0.1) is 18.8 Å². The molecule has 3 heteroatoms. The smallest absolute Gasteiger partial charge is 0.251 e. The van der Waals surface area contributed by atoms with E-state index in [2.05, 4.69) is 31.4 Å². The lowest BCUT2D eigenvalue weighted by atomic mass is 9.79. The minimum absolute atomic E-state index is 0.00673. The molecule has 1 fully saturated rings. The van der Waals surface area contributed by atoms with Crippen LogP contribution < -0.4 is 10.6 Å². The van der Waals surface area contributed by atoms with Crippen LogP contribution in [0.1, 0.15) is 56.0 Å². The average Bonchev–Trinajstić information content (AvgIpc) is 2.45. The van der Waals surface area contributed by atoms with Gasteiger partial charge in [-0.2, -0.15) is 0 Å². The minimum atomic E-state index is 0.00673. The fourth-order valence-corrected chi connectivity index (χ4v) is 3.13. The van der Waals surface area contributed by atoms with Crippen LogP contribution >= 0.6 is 0 Å². The van der Waals surface area contributed by atoms with E-state index in [1.54, 1.807) is 0 Å². The number of amides is 1. The Bertz CT molecular complexity index is 498. The molecule has 0 saturated heterocycles. The SMILES string of the molecule is CCNC(=O)c1ccc(NC2CCC(C)C(C)C2)c(C)c1. The highest BCUT2D eigenvalue weighted by Crippen LogP contribution is 2.31. The molecule has 3 nitrogen and oxygen atoms in total. The van der Waals surface area contributed by atoms with Gasteiger partial charge < -0.3 is 10.6 Å². The lowest BCUT2D eigenvalue weighted by Gasteiger charge is -2.33. The monoisotopic (exact) mass is 288 g/mol. The largest absolute Gasteiger partial charge is 0.382 e. The van der Waals surface area contributed by atoms with Gasteiger partial charge in [0.1, 0.15) is 0 Å². The molecule has 116 valence electrons. The topological polar surface area (TPSA) is 41.1 Å². The molecule has 0 bridgehead atoms. The summed E-state index contributed by atoms with van der Waals surface area (Å²) in [5, 5.41) is 6.51. The fraction of sp³-hybridized carbons (Fsp3) is 0.611. The molecule has 3 atom stereocenters. The van der Waals surface area contributed by atoms with Gasteiger partial charge in [-0.05, 0) is 68.7 Å². The van der Waals surface area contributed by atoms with E-state index < -0.39 is 0 Å². The Labute approximate surface area is 128 Å². The van der Waals surface area contributed by atoms with Gasteiger partial charge in [0.05, 0.1) is 0 Å². The van der Waals surface area contributed by atoms with Crippen molar-refractivity contribution in [3.05, 3.63) is 29.3 Å². The molecule has 0 aliphatic heterocycles. The molecule has 3 unspecified atom stereocenters.